The lowest BCUT2D eigenvalue weighted by molar-refractivity contribution is -0.135. The molecular weight excluding hydrogens is 383 g/mol. The maximum atomic E-state index is 13.2. The van der Waals surface area contributed by atoms with E-state index in [2.05, 4.69) is 16.2 Å². The van der Waals surface area contributed by atoms with Gasteiger partial charge in [0.2, 0.25) is 5.91 Å². The Labute approximate surface area is 164 Å². The van der Waals surface area contributed by atoms with Crippen molar-refractivity contribution in [3.05, 3.63) is 33.8 Å². The van der Waals surface area contributed by atoms with Crippen molar-refractivity contribution in [2.45, 2.75) is 37.4 Å². The zero-order valence-corrected chi connectivity index (χ0v) is 16.1. The first-order valence-electron chi connectivity index (χ1n) is 8.62. The third-order valence-electron chi connectivity index (χ3n) is 5.51. The number of likely N-dealkylation sites (tertiary alicyclic amines) is 1. The summed E-state index contributed by atoms with van der Waals surface area (Å²) in [4.78, 5) is 15.2. The molecule has 4 rings (SSSR count). The number of carbonyl (C=O) groups excluding carboxylic acids is 1. The van der Waals surface area contributed by atoms with E-state index in [0.717, 1.165) is 44.5 Å². The van der Waals surface area contributed by atoms with Crippen LogP contribution in [0.1, 0.15) is 30.9 Å². The van der Waals surface area contributed by atoms with Crippen LogP contribution in [0.5, 0.6) is 0 Å². The molecule has 8 heteroatoms. The molecule has 3 heterocycles. The van der Waals surface area contributed by atoms with Gasteiger partial charge in [0.1, 0.15) is 6.04 Å². The standard InChI is InChI=1S/C17H22Cl2N4O.ClH/c18-12-4-3-10(8-13(12)19)15-2-1-7-23(15)17(24)16-11-9-20-6-5-14(11)21-22-16;/h3-4,8,11,14-16,20-22H,1-2,5-7,9H2;1H. The van der Waals surface area contributed by atoms with Crippen LogP contribution in [0, 0.1) is 5.92 Å². The summed E-state index contributed by atoms with van der Waals surface area (Å²) in [6.45, 7) is 2.69. The Balaban J connectivity index is 0.00000182. The quantitative estimate of drug-likeness (QED) is 0.708. The molecule has 1 aromatic carbocycles. The van der Waals surface area contributed by atoms with Crippen LogP contribution in [0.4, 0.5) is 0 Å². The molecule has 5 nitrogen and oxygen atoms in total. The number of amides is 1. The molecule has 0 radical (unpaired) electrons. The summed E-state index contributed by atoms with van der Waals surface area (Å²) >= 11 is 12.2. The van der Waals surface area contributed by atoms with Crippen molar-refractivity contribution < 1.29 is 4.79 Å². The summed E-state index contributed by atoms with van der Waals surface area (Å²) < 4.78 is 0. The Morgan fingerprint density at radius 3 is 2.80 bits per heavy atom. The van der Waals surface area contributed by atoms with E-state index in [0.29, 0.717) is 22.0 Å². The average molecular weight is 406 g/mol. The number of halogens is 3. The predicted molar refractivity (Wildman–Crippen MR) is 102 cm³/mol. The Morgan fingerprint density at radius 1 is 1.16 bits per heavy atom. The van der Waals surface area contributed by atoms with Gasteiger partial charge in [-0.15, -0.1) is 12.4 Å². The number of hydrogen-bond donors (Lipinski definition) is 3. The van der Waals surface area contributed by atoms with Gasteiger partial charge in [-0.05, 0) is 43.5 Å². The fourth-order valence-electron chi connectivity index (χ4n) is 4.24. The van der Waals surface area contributed by atoms with Gasteiger partial charge in [0, 0.05) is 25.0 Å². The van der Waals surface area contributed by atoms with E-state index in [1.165, 1.54) is 0 Å². The lowest BCUT2D eigenvalue weighted by Crippen LogP contribution is -2.50. The number of nitrogens with one attached hydrogen (secondary N) is 3. The molecule has 0 bridgehead atoms. The number of carbonyl (C=O) groups is 1. The molecule has 4 atom stereocenters. The second-order valence-corrected chi connectivity index (χ2v) is 7.71. The Bertz CT molecular complexity index is 644. The second-order valence-electron chi connectivity index (χ2n) is 6.89. The molecule has 3 saturated heterocycles. The summed E-state index contributed by atoms with van der Waals surface area (Å²) in [6.07, 6.45) is 3.04. The number of hydrazine groups is 1. The lowest BCUT2D eigenvalue weighted by Gasteiger charge is -2.32. The van der Waals surface area contributed by atoms with E-state index in [-0.39, 0.29) is 30.4 Å². The largest absolute Gasteiger partial charge is 0.334 e. The molecule has 3 aliphatic heterocycles. The normalized spacial score (nSPS) is 31.5. The van der Waals surface area contributed by atoms with Crippen molar-refractivity contribution in [2.24, 2.45) is 5.92 Å². The minimum Gasteiger partial charge on any atom is -0.334 e. The smallest absolute Gasteiger partial charge is 0.241 e. The minimum absolute atomic E-state index is 0. The fraction of sp³-hybridized carbons (Fsp3) is 0.588. The highest BCUT2D eigenvalue weighted by Gasteiger charge is 2.44. The molecule has 25 heavy (non-hydrogen) atoms. The summed E-state index contributed by atoms with van der Waals surface area (Å²) in [5.74, 6) is 0.494. The Morgan fingerprint density at radius 2 is 2.00 bits per heavy atom. The van der Waals surface area contributed by atoms with Crippen LogP contribution >= 0.6 is 35.6 Å². The number of nitrogens with zero attached hydrogens (tertiary/aromatic N) is 1. The van der Waals surface area contributed by atoms with Gasteiger partial charge < -0.3 is 10.2 Å². The summed E-state index contributed by atoms with van der Waals surface area (Å²) in [7, 11) is 0. The Hall–Kier alpha value is -0.560. The number of hydrogen-bond acceptors (Lipinski definition) is 4. The van der Waals surface area contributed by atoms with Gasteiger partial charge >= 0.3 is 0 Å². The van der Waals surface area contributed by atoms with Crippen molar-refractivity contribution in [3.8, 4) is 0 Å². The second kappa shape index (κ2) is 7.99. The van der Waals surface area contributed by atoms with Gasteiger partial charge in [-0.1, -0.05) is 29.3 Å². The minimum atomic E-state index is -0.161. The maximum Gasteiger partial charge on any atom is 0.241 e. The number of fused-ring (bicyclic) bond motifs is 1. The van der Waals surface area contributed by atoms with E-state index in [9.17, 15) is 4.79 Å². The molecule has 138 valence electrons. The van der Waals surface area contributed by atoms with Crippen molar-refractivity contribution in [1.82, 2.24) is 21.1 Å². The SMILES string of the molecule is Cl.O=C(C1NNC2CCNCC21)N1CCCC1c1ccc(Cl)c(Cl)c1. The molecule has 3 aliphatic rings. The predicted octanol–water partition coefficient (Wildman–Crippen LogP) is 2.53. The monoisotopic (exact) mass is 404 g/mol. The molecule has 3 N–H and O–H groups in total. The van der Waals surface area contributed by atoms with Gasteiger partial charge in [-0.3, -0.25) is 10.2 Å². The van der Waals surface area contributed by atoms with E-state index in [1.54, 1.807) is 0 Å². The number of piperidine rings is 1. The first-order valence-corrected chi connectivity index (χ1v) is 9.38. The molecule has 0 saturated carbocycles. The van der Waals surface area contributed by atoms with Crippen LogP contribution in [0.15, 0.2) is 18.2 Å². The van der Waals surface area contributed by atoms with Gasteiger partial charge in [0.05, 0.1) is 16.1 Å². The van der Waals surface area contributed by atoms with E-state index in [1.807, 2.05) is 23.1 Å². The van der Waals surface area contributed by atoms with Gasteiger partial charge in [0.15, 0.2) is 0 Å². The zero-order chi connectivity index (χ0) is 16.7. The molecule has 0 aromatic heterocycles. The van der Waals surface area contributed by atoms with E-state index >= 15 is 0 Å². The Kier molecular flexibility index (Phi) is 6.14. The van der Waals surface area contributed by atoms with Crippen LogP contribution in [-0.4, -0.2) is 42.5 Å². The molecule has 1 amide bonds. The van der Waals surface area contributed by atoms with Crippen LogP contribution in [0.2, 0.25) is 10.0 Å². The third-order valence-corrected chi connectivity index (χ3v) is 6.25. The highest BCUT2D eigenvalue weighted by molar-refractivity contribution is 6.42. The topological polar surface area (TPSA) is 56.4 Å². The van der Waals surface area contributed by atoms with Gasteiger partial charge in [-0.25, -0.2) is 5.43 Å². The molecule has 0 aliphatic carbocycles. The van der Waals surface area contributed by atoms with Crippen LogP contribution in [0.25, 0.3) is 0 Å². The molecular formula is C17H23Cl3N4O. The molecule has 4 unspecified atom stereocenters. The first kappa shape index (κ1) is 19.2. The summed E-state index contributed by atoms with van der Waals surface area (Å²) in [5.41, 5.74) is 7.62. The molecule has 0 spiro atoms. The average Bonchev–Trinajstić information content (AvgIpc) is 3.23. The number of rotatable bonds is 2. The molecule has 3 fully saturated rings. The highest BCUT2D eigenvalue weighted by Crippen LogP contribution is 2.36. The van der Waals surface area contributed by atoms with E-state index < -0.39 is 0 Å². The summed E-state index contributed by atoms with van der Waals surface area (Å²) in [6, 6.07) is 6.00. The van der Waals surface area contributed by atoms with Crippen molar-refractivity contribution >= 4 is 41.5 Å². The highest BCUT2D eigenvalue weighted by atomic mass is 35.5. The molecule has 1 aromatic rings. The van der Waals surface area contributed by atoms with Crippen molar-refractivity contribution in [2.75, 3.05) is 19.6 Å². The number of benzene rings is 1. The van der Waals surface area contributed by atoms with Crippen LogP contribution in [-0.2, 0) is 4.79 Å². The van der Waals surface area contributed by atoms with Crippen LogP contribution < -0.4 is 16.2 Å². The van der Waals surface area contributed by atoms with Crippen molar-refractivity contribution in [1.29, 1.82) is 0 Å². The third kappa shape index (κ3) is 3.64. The first-order chi connectivity index (χ1) is 11.6. The lowest BCUT2D eigenvalue weighted by atomic mass is 9.88. The van der Waals surface area contributed by atoms with Crippen molar-refractivity contribution in [3.63, 3.8) is 0 Å². The maximum absolute atomic E-state index is 13.2. The van der Waals surface area contributed by atoms with Crippen LogP contribution in [0.3, 0.4) is 0 Å². The summed E-state index contributed by atoms with van der Waals surface area (Å²) in [5, 5.41) is 4.50. The van der Waals surface area contributed by atoms with Gasteiger partial charge in [-0.2, -0.15) is 0 Å². The zero-order valence-electron chi connectivity index (χ0n) is 13.8. The van der Waals surface area contributed by atoms with Gasteiger partial charge in [0.25, 0.3) is 0 Å². The fourth-order valence-corrected chi connectivity index (χ4v) is 4.54. The van der Waals surface area contributed by atoms with E-state index in [4.69, 9.17) is 23.2 Å².